The third kappa shape index (κ3) is 5.24. The van der Waals surface area contributed by atoms with Gasteiger partial charge in [-0.05, 0) is 42.5 Å². The van der Waals surface area contributed by atoms with Crippen LogP contribution in [-0.4, -0.2) is 43.9 Å². The number of piperidine rings is 1. The van der Waals surface area contributed by atoms with Gasteiger partial charge in [0.25, 0.3) is 0 Å². The van der Waals surface area contributed by atoms with Crippen molar-refractivity contribution in [2.24, 2.45) is 0 Å². The predicted octanol–water partition coefficient (Wildman–Crippen LogP) is 5.43. The molecule has 37 heavy (non-hydrogen) atoms. The van der Waals surface area contributed by atoms with Crippen LogP contribution < -0.4 is 0 Å². The van der Waals surface area contributed by atoms with Crippen LogP contribution in [0.5, 0.6) is 0 Å². The molecule has 4 aromatic rings. The highest BCUT2D eigenvalue weighted by molar-refractivity contribution is 5.82. The molecular weight excluding hydrogens is 470 g/mol. The molecule has 1 fully saturated rings. The average Bonchev–Trinajstić information content (AvgIpc) is 3.43. The van der Waals surface area contributed by atoms with E-state index in [-0.39, 0.29) is 12.1 Å². The van der Waals surface area contributed by atoms with E-state index in [2.05, 4.69) is 63.5 Å². The molecule has 1 aromatic heterocycles. The van der Waals surface area contributed by atoms with E-state index in [4.69, 9.17) is 0 Å². The second-order valence-corrected chi connectivity index (χ2v) is 9.56. The topological polar surface area (TPSA) is 54.2 Å². The van der Waals surface area contributed by atoms with E-state index in [0.29, 0.717) is 13.1 Å². The smallest absolute Gasteiger partial charge is 0.137 e. The van der Waals surface area contributed by atoms with E-state index in [0.717, 1.165) is 18.9 Å². The minimum atomic E-state index is -1.64. The molecular formula is C30H30F2N4O. The molecule has 1 unspecified atom stereocenters. The summed E-state index contributed by atoms with van der Waals surface area (Å²) in [4.78, 5) is 6.14. The number of rotatable bonds is 7. The molecule has 1 saturated heterocycles. The highest BCUT2D eigenvalue weighted by Gasteiger charge is 2.42. The Morgan fingerprint density at radius 3 is 2.11 bits per heavy atom. The fourth-order valence-electron chi connectivity index (χ4n) is 5.36. The highest BCUT2D eigenvalue weighted by atomic mass is 19.1. The van der Waals surface area contributed by atoms with Gasteiger partial charge in [-0.3, -0.25) is 4.90 Å². The van der Waals surface area contributed by atoms with Crippen LogP contribution in [0.15, 0.2) is 97.1 Å². The Kier molecular flexibility index (Phi) is 7.26. The van der Waals surface area contributed by atoms with Crippen LogP contribution >= 0.6 is 0 Å². The van der Waals surface area contributed by atoms with E-state index in [9.17, 15) is 13.9 Å². The second-order valence-electron chi connectivity index (χ2n) is 9.56. The summed E-state index contributed by atoms with van der Waals surface area (Å²) in [6, 6.07) is 23.7. The lowest BCUT2D eigenvalue weighted by atomic mass is 9.83. The molecule has 7 heteroatoms. The van der Waals surface area contributed by atoms with Crippen molar-refractivity contribution < 1.29 is 13.9 Å². The zero-order chi connectivity index (χ0) is 25.8. The van der Waals surface area contributed by atoms with Crippen LogP contribution in [0.4, 0.5) is 8.78 Å². The third-order valence-electron chi connectivity index (χ3n) is 7.39. The Hall–Kier alpha value is -3.68. The number of hydrogen-bond acceptors (Lipinski definition) is 4. The predicted molar refractivity (Wildman–Crippen MR) is 139 cm³/mol. The molecule has 0 bridgehead atoms. The van der Waals surface area contributed by atoms with Gasteiger partial charge in [-0.1, -0.05) is 72.3 Å². The van der Waals surface area contributed by atoms with Gasteiger partial charge in [0.2, 0.25) is 0 Å². The lowest BCUT2D eigenvalue weighted by molar-refractivity contribution is -0.0656. The molecule has 2 atom stereocenters. The van der Waals surface area contributed by atoms with Crippen molar-refractivity contribution in [3.05, 3.63) is 125 Å². The third-order valence-corrected chi connectivity index (χ3v) is 7.39. The van der Waals surface area contributed by atoms with Crippen molar-refractivity contribution in [3.8, 4) is 0 Å². The first kappa shape index (κ1) is 25.0. The molecule has 1 N–H and O–H groups in total. The monoisotopic (exact) mass is 500 g/mol. The molecule has 0 saturated carbocycles. The zero-order valence-electron chi connectivity index (χ0n) is 20.8. The van der Waals surface area contributed by atoms with E-state index in [1.165, 1.54) is 51.7 Å². The number of benzene rings is 3. The summed E-state index contributed by atoms with van der Waals surface area (Å²) in [7, 11) is 0. The Labute approximate surface area is 215 Å². The van der Waals surface area contributed by atoms with Crippen LogP contribution in [0, 0.1) is 11.6 Å². The van der Waals surface area contributed by atoms with Gasteiger partial charge in [0.15, 0.2) is 0 Å². The molecule has 0 aliphatic carbocycles. The summed E-state index contributed by atoms with van der Waals surface area (Å²) in [6.07, 6.45) is 4.49. The van der Waals surface area contributed by atoms with Gasteiger partial charge >= 0.3 is 0 Å². The summed E-state index contributed by atoms with van der Waals surface area (Å²) in [6.45, 7) is 3.28. The van der Waals surface area contributed by atoms with Crippen molar-refractivity contribution >= 4 is 5.57 Å². The maximum Gasteiger partial charge on any atom is 0.137 e. The van der Waals surface area contributed by atoms with Gasteiger partial charge in [-0.25, -0.2) is 18.4 Å². The molecule has 5 rings (SSSR count). The maximum absolute atomic E-state index is 15.0. The first-order valence-corrected chi connectivity index (χ1v) is 12.5. The molecule has 0 spiro atoms. The fourth-order valence-corrected chi connectivity index (χ4v) is 5.36. The zero-order valence-corrected chi connectivity index (χ0v) is 20.8. The average molecular weight is 501 g/mol. The summed E-state index contributed by atoms with van der Waals surface area (Å²) in [5, 5.41) is 16.1. The molecule has 1 aliphatic rings. The van der Waals surface area contributed by atoms with E-state index in [1.54, 1.807) is 0 Å². The largest absolute Gasteiger partial charge is 0.381 e. The minimum absolute atomic E-state index is 0.00477. The van der Waals surface area contributed by atoms with Crippen molar-refractivity contribution in [1.29, 1.82) is 0 Å². The van der Waals surface area contributed by atoms with Crippen LogP contribution in [0.2, 0.25) is 0 Å². The van der Waals surface area contributed by atoms with Crippen molar-refractivity contribution in [2.45, 2.75) is 38.0 Å². The second kappa shape index (κ2) is 10.7. The Morgan fingerprint density at radius 1 is 0.946 bits per heavy atom. The van der Waals surface area contributed by atoms with Gasteiger partial charge in [0, 0.05) is 30.8 Å². The number of aliphatic hydroxyl groups is 1. The van der Waals surface area contributed by atoms with Crippen molar-refractivity contribution in [2.75, 3.05) is 13.1 Å². The van der Waals surface area contributed by atoms with Crippen molar-refractivity contribution in [3.63, 3.8) is 0 Å². The standard InChI is InChI=1S/C30H30F2N4O/c1-22(30(37,19-36-21-33-20-34-36)27-13-12-26(31)18-28(27)32)35-16-14-25(15-17-35)29(23-8-4-2-5-9-23)24-10-6-3-7-11-24/h2-13,18,20-22,37H,14-17,19H2,1H3/t22-,30?/m1/s1. The number of hydrogen-bond donors (Lipinski definition) is 1. The van der Waals surface area contributed by atoms with Gasteiger partial charge in [0.1, 0.15) is 29.9 Å². The Bertz CT molecular complexity index is 1310. The molecule has 1 aliphatic heterocycles. The van der Waals surface area contributed by atoms with Gasteiger partial charge in [-0.15, -0.1) is 0 Å². The summed E-state index contributed by atoms with van der Waals surface area (Å²) < 4.78 is 30.2. The first-order valence-electron chi connectivity index (χ1n) is 12.5. The fraction of sp³-hybridized carbons (Fsp3) is 0.267. The first-order chi connectivity index (χ1) is 18.0. The van der Waals surface area contributed by atoms with Crippen molar-refractivity contribution in [1.82, 2.24) is 19.7 Å². The van der Waals surface area contributed by atoms with Gasteiger partial charge in [0.05, 0.1) is 6.54 Å². The number of aromatic nitrogens is 3. The number of likely N-dealkylation sites (tertiary alicyclic amines) is 1. The molecule has 3 aromatic carbocycles. The summed E-state index contributed by atoms with van der Waals surface area (Å²) in [5.41, 5.74) is 3.37. The lowest BCUT2D eigenvalue weighted by Gasteiger charge is -2.43. The van der Waals surface area contributed by atoms with Gasteiger partial charge < -0.3 is 5.11 Å². The quantitative estimate of drug-likeness (QED) is 0.368. The Balaban J connectivity index is 1.45. The summed E-state index contributed by atoms with van der Waals surface area (Å²) >= 11 is 0. The molecule has 0 radical (unpaired) electrons. The minimum Gasteiger partial charge on any atom is -0.381 e. The maximum atomic E-state index is 15.0. The molecule has 190 valence electrons. The van der Waals surface area contributed by atoms with Crippen LogP contribution in [0.1, 0.15) is 36.5 Å². The Morgan fingerprint density at radius 2 is 1.57 bits per heavy atom. The summed E-state index contributed by atoms with van der Waals surface area (Å²) in [5.74, 6) is -1.46. The van der Waals surface area contributed by atoms with Crippen LogP contribution in [-0.2, 0) is 12.1 Å². The van der Waals surface area contributed by atoms with Gasteiger partial charge in [-0.2, -0.15) is 5.10 Å². The van der Waals surface area contributed by atoms with E-state index >= 15 is 0 Å². The molecule has 0 amide bonds. The van der Waals surface area contributed by atoms with E-state index < -0.39 is 23.3 Å². The molecule has 5 nitrogen and oxygen atoms in total. The van der Waals surface area contributed by atoms with E-state index in [1.807, 2.05) is 19.1 Å². The van der Waals surface area contributed by atoms with Crippen LogP contribution in [0.25, 0.3) is 5.57 Å². The van der Waals surface area contributed by atoms with Crippen LogP contribution in [0.3, 0.4) is 0 Å². The SMILES string of the molecule is C[C@@H](N1CCC(=C(c2ccccc2)c2ccccc2)CC1)C(O)(Cn1cncn1)c1ccc(F)cc1F. The highest BCUT2D eigenvalue weighted by Crippen LogP contribution is 2.37. The molecule has 2 heterocycles. The number of nitrogens with zero attached hydrogens (tertiary/aromatic N) is 4. The normalized spacial score (nSPS) is 16.8. The number of halogens is 2. The lowest BCUT2D eigenvalue weighted by Crippen LogP contribution is -2.53.